The maximum atomic E-state index is 12.9. The van der Waals surface area contributed by atoms with Gasteiger partial charge in [-0.2, -0.15) is 13.2 Å². The van der Waals surface area contributed by atoms with Crippen molar-refractivity contribution < 1.29 is 13.2 Å². The molecule has 2 heterocycles. The third-order valence-electron chi connectivity index (χ3n) is 5.34. The average molecular weight is 388 g/mol. The van der Waals surface area contributed by atoms with Crippen molar-refractivity contribution in [1.29, 1.82) is 0 Å². The minimum atomic E-state index is -4.35. The van der Waals surface area contributed by atoms with E-state index in [0.717, 1.165) is 42.2 Å². The number of fused-ring (bicyclic) bond motifs is 1. The number of alkyl halides is 3. The fraction of sp³-hybridized carbons (Fsp3) is 0.429. The second-order valence-electron chi connectivity index (χ2n) is 7.54. The van der Waals surface area contributed by atoms with Crippen LogP contribution in [0.15, 0.2) is 30.3 Å². The summed E-state index contributed by atoms with van der Waals surface area (Å²) in [4.78, 5) is 9.20. The number of aromatic nitrogens is 3. The molecule has 0 radical (unpaired) electrons. The molecule has 0 amide bonds. The van der Waals surface area contributed by atoms with Crippen LogP contribution in [-0.2, 0) is 6.18 Å². The van der Waals surface area contributed by atoms with Crippen molar-refractivity contribution >= 4 is 11.6 Å². The summed E-state index contributed by atoms with van der Waals surface area (Å²) in [6.07, 6.45) is 1.42. The molecule has 4 nitrogen and oxygen atoms in total. The van der Waals surface area contributed by atoms with Crippen LogP contribution in [0.1, 0.15) is 49.1 Å². The number of benzene rings is 1. The smallest absolute Gasteiger partial charge is 0.367 e. The quantitative estimate of drug-likeness (QED) is 0.619. The lowest BCUT2D eigenvalue weighted by Crippen LogP contribution is -2.23. The number of hydrogen-bond donors (Lipinski definition) is 1. The van der Waals surface area contributed by atoms with Gasteiger partial charge in [0.1, 0.15) is 11.5 Å². The van der Waals surface area contributed by atoms with Crippen LogP contribution in [0.2, 0.25) is 0 Å². The Morgan fingerprint density at radius 1 is 1.00 bits per heavy atom. The average Bonchev–Trinajstić information content (AvgIpc) is 3.00. The summed E-state index contributed by atoms with van der Waals surface area (Å²) in [6.45, 7) is 3.90. The second kappa shape index (κ2) is 7.11. The molecule has 7 heteroatoms. The van der Waals surface area contributed by atoms with Crippen LogP contribution in [0.25, 0.3) is 17.0 Å². The van der Waals surface area contributed by atoms with Gasteiger partial charge in [-0.1, -0.05) is 31.4 Å². The van der Waals surface area contributed by atoms with Gasteiger partial charge >= 0.3 is 6.18 Å². The Balaban J connectivity index is 1.82. The molecule has 0 bridgehead atoms. The van der Waals surface area contributed by atoms with Crippen molar-refractivity contribution in [3.63, 3.8) is 0 Å². The van der Waals surface area contributed by atoms with Gasteiger partial charge in [0.05, 0.1) is 5.56 Å². The van der Waals surface area contributed by atoms with Gasteiger partial charge in [0.2, 0.25) is 5.78 Å². The highest BCUT2D eigenvalue weighted by molar-refractivity contribution is 5.76. The van der Waals surface area contributed by atoms with Gasteiger partial charge in [-0.25, -0.2) is 9.97 Å². The van der Waals surface area contributed by atoms with E-state index in [0.29, 0.717) is 23.1 Å². The number of rotatable bonds is 3. The van der Waals surface area contributed by atoms with Gasteiger partial charge in [-0.15, -0.1) is 0 Å². The number of imidazole rings is 1. The zero-order chi connectivity index (χ0) is 19.9. The van der Waals surface area contributed by atoms with Gasteiger partial charge < -0.3 is 5.32 Å². The minimum Gasteiger partial charge on any atom is -0.367 e. The Morgan fingerprint density at radius 3 is 2.32 bits per heavy atom. The van der Waals surface area contributed by atoms with E-state index in [2.05, 4.69) is 15.3 Å². The molecule has 0 aliphatic heterocycles. The van der Waals surface area contributed by atoms with E-state index in [-0.39, 0.29) is 0 Å². The number of aryl methyl sites for hydroxylation is 2. The molecule has 1 fully saturated rings. The Labute approximate surface area is 161 Å². The van der Waals surface area contributed by atoms with E-state index >= 15 is 0 Å². The van der Waals surface area contributed by atoms with E-state index in [1.807, 2.05) is 24.3 Å². The molecular weight excluding hydrogens is 365 g/mol. The zero-order valence-electron chi connectivity index (χ0n) is 16.0. The molecule has 2 aromatic heterocycles. The van der Waals surface area contributed by atoms with Crippen molar-refractivity contribution in [2.75, 3.05) is 5.32 Å². The first-order valence-corrected chi connectivity index (χ1v) is 9.64. The Hall–Kier alpha value is -2.57. The maximum absolute atomic E-state index is 12.9. The summed E-state index contributed by atoms with van der Waals surface area (Å²) in [6, 6.07) is 7.50. The van der Waals surface area contributed by atoms with Crippen LogP contribution in [0.3, 0.4) is 0 Å². The number of nitrogens with one attached hydrogen (secondary N) is 1. The van der Waals surface area contributed by atoms with Gasteiger partial charge in [-0.05, 0) is 44.9 Å². The van der Waals surface area contributed by atoms with Crippen molar-refractivity contribution in [3.8, 4) is 11.3 Å². The molecule has 1 aliphatic rings. The fourth-order valence-corrected chi connectivity index (χ4v) is 3.97. The third-order valence-corrected chi connectivity index (χ3v) is 5.34. The summed E-state index contributed by atoms with van der Waals surface area (Å²) < 4.78 is 40.8. The van der Waals surface area contributed by atoms with E-state index in [1.165, 1.54) is 31.4 Å². The molecule has 1 saturated carbocycles. The van der Waals surface area contributed by atoms with Crippen molar-refractivity contribution in [3.05, 3.63) is 47.3 Å². The Morgan fingerprint density at radius 2 is 1.68 bits per heavy atom. The topological polar surface area (TPSA) is 42.2 Å². The SMILES string of the molecule is Cc1cc(C)n2c(NC3CCCCC3)c(-c3ccc(C(F)(F)F)cc3)nc2n1. The van der Waals surface area contributed by atoms with Gasteiger partial charge in [-0.3, -0.25) is 4.40 Å². The summed E-state index contributed by atoms with van der Waals surface area (Å²) in [7, 11) is 0. The van der Waals surface area contributed by atoms with E-state index in [1.54, 1.807) is 0 Å². The molecule has 0 atom stereocenters. The fourth-order valence-electron chi connectivity index (χ4n) is 3.97. The Kier molecular flexibility index (Phi) is 4.77. The monoisotopic (exact) mass is 388 g/mol. The highest BCUT2D eigenvalue weighted by atomic mass is 19.4. The lowest BCUT2D eigenvalue weighted by atomic mass is 9.95. The molecule has 1 N–H and O–H groups in total. The summed E-state index contributed by atoms with van der Waals surface area (Å²) in [5.41, 5.74) is 2.48. The van der Waals surface area contributed by atoms with Crippen LogP contribution in [-0.4, -0.2) is 20.4 Å². The van der Waals surface area contributed by atoms with Crippen LogP contribution >= 0.6 is 0 Å². The summed E-state index contributed by atoms with van der Waals surface area (Å²) in [5.74, 6) is 1.37. The summed E-state index contributed by atoms with van der Waals surface area (Å²) in [5, 5.41) is 3.61. The van der Waals surface area contributed by atoms with Crippen molar-refractivity contribution in [2.45, 2.75) is 58.2 Å². The Bertz CT molecular complexity index is 984. The molecule has 4 rings (SSSR count). The predicted octanol–water partition coefficient (Wildman–Crippen LogP) is 5.78. The highest BCUT2D eigenvalue weighted by Crippen LogP contribution is 2.35. The van der Waals surface area contributed by atoms with E-state index < -0.39 is 11.7 Å². The first-order chi connectivity index (χ1) is 13.3. The second-order valence-corrected chi connectivity index (χ2v) is 7.54. The molecule has 1 aromatic carbocycles. The number of nitrogens with zero attached hydrogens (tertiary/aromatic N) is 3. The molecule has 0 spiro atoms. The zero-order valence-corrected chi connectivity index (χ0v) is 16.0. The van der Waals surface area contributed by atoms with Gasteiger partial charge in [0.25, 0.3) is 0 Å². The lowest BCUT2D eigenvalue weighted by molar-refractivity contribution is -0.137. The van der Waals surface area contributed by atoms with Crippen LogP contribution in [0.5, 0.6) is 0 Å². The molecule has 28 heavy (non-hydrogen) atoms. The molecule has 0 saturated heterocycles. The molecule has 3 aromatic rings. The standard InChI is InChI=1S/C21H23F3N4/c1-13-12-14(2)28-19(26-17-6-4-3-5-7-17)18(27-20(28)25-13)15-8-10-16(11-9-15)21(22,23)24/h8-12,17,26H,3-7H2,1-2H3. The van der Waals surface area contributed by atoms with E-state index in [4.69, 9.17) is 0 Å². The predicted molar refractivity (Wildman–Crippen MR) is 103 cm³/mol. The first kappa shape index (κ1) is 18.8. The molecule has 0 unspecified atom stereocenters. The molecular formula is C21H23F3N4. The van der Waals surface area contributed by atoms with Crippen molar-refractivity contribution in [2.24, 2.45) is 0 Å². The molecule has 148 valence electrons. The van der Waals surface area contributed by atoms with Crippen LogP contribution in [0.4, 0.5) is 19.0 Å². The molecule has 1 aliphatic carbocycles. The number of hydrogen-bond acceptors (Lipinski definition) is 3. The maximum Gasteiger partial charge on any atom is 0.416 e. The minimum absolute atomic E-state index is 0.336. The third kappa shape index (κ3) is 3.57. The van der Waals surface area contributed by atoms with Crippen LogP contribution < -0.4 is 5.32 Å². The lowest BCUT2D eigenvalue weighted by Gasteiger charge is -2.24. The normalized spacial score (nSPS) is 15.9. The van der Waals surface area contributed by atoms with E-state index in [9.17, 15) is 13.2 Å². The summed E-state index contributed by atoms with van der Waals surface area (Å²) >= 11 is 0. The van der Waals surface area contributed by atoms with Crippen LogP contribution in [0, 0.1) is 13.8 Å². The number of anilines is 1. The highest BCUT2D eigenvalue weighted by Gasteiger charge is 2.30. The first-order valence-electron chi connectivity index (χ1n) is 9.64. The van der Waals surface area contributed by atoms with Crippen molar-refractivity contribution in [1.82, 2.24) is 14.4 Å². The van der Waals surface area contributed by atoms with Gasteiger partial charge in [0.15, 0.2) is 0 Å². The van der Waals surface area contributed by atoms with Gasteiger partial charge in [0, 0.05) is 23.0 Å². The number of halogens is 3. The largest absolute Gasteiger partial charge is 0.416 e.